The molecule has 1 atom stereocenters. The lowest BCUT2D eigenvalue weighted by Crippen LogP contribution is -2.36. The highest BCUT2D eigenvalue weighted by atomic mass is 16.7. The van der Waals surface area contributed by atoms with E-state index in [1.807, 2.05) is 41.1 Å². The Morgan fingerprint density at radius 1 is 1.10 bits per heavy atom. The van der Waals surface area contributed by atoms with Crippen molar-refractivity contribution >= 4 is 10.9 Å². The minimum atomic E-state index is -0.260. The van der Waals surface area contributed by atoms with Gasteiger partial charge in [-0.1, -0.05) is 38.5 Å². The van der Waals surface area contributed by atoms with Crippen molar-refractivity contribution < 1.29 is 14.2 Å². The number of aromatic amines is 1. The molecule has 10 nitrogen and oxygen atoms in total. The van der Waals surface area contributed by atoms with Crippen molar-refractivity contribution in [3.63, 3.8) is 0 Å². The standard InChI is InChI=1S/C29H36N6O4/c1-6-10-23(27-31-32-33-35(27)29(3,4)7-2)34(16-19-11-8-9-12-24(19)37-5)17-21-13-20-14-25-26(39-18-38-25)15-22(20)30-28(21)36/h8-9,11-15,23H,6-7,10,16-18H2,1-5H3,(H,30,36). The lowest BCUT2D eigenvalue weighted by atomic mass is 10.00. The van der Waals surface area contributed by atoms with Crippen LogP contribution in [0.25, 0.3) is 10.9 Å². The summed E-state index contributed by atoms with van der Waals surface area (Å²) in [5.74, 6) is 2.90. The van der Waals surface area contributed by atoms with Gasteiger partial charge in [0.25, 0.3) is 5.56 Å². The molecule has 0 saturated carbocycles. The van der Waals surface area contributed by atoms with Crippen LogP contribution in [0.4, 0.5) is 0 Å². The lowest BCUT2D eigenvalue weighted by molar-refractivity contribution is 0.144. The Hall–Kier alpha value is -3.92. The van der Waals surface area contributed by atoms with Gasteiger partial charge in [0.05, 0.1) is 24.2 Å². The molecule has 2 aromatic heterocycles. The minimum absolute atomic E-state index is 0.132. The second kappa shape index (κ2) is 11.1. The van der Waals surface area contributed by atoms with Gasteiger partial charge in [-0.3, -0.25) is 9.69 Å². The number of para-hydroxylation sites is 1. The summed E-state index contributed by atoms with van der Waals surface area (Å²) in [5.41, 5.74) is 1.98. The van der Waals surface area contributed by atoms with Crippen LogP contribution in [-0.2, 0) is 18.6 Å². The third-order valence-corrected chi connectivity index (χ3v) is 7.59. The average molecular weight is 533 g/mol. The fourth-order valence-corrected chi connectivity index (χ4v) is 5.04. The van der Waals surface area contributed by atoms with Crippen molar-refractivity contribution in [3.8, 4) is 17.2 Å². The Balaban J connectivity index is 1.59. The molecular weight excluding hydrogens is 496 g/mol. The Morgan fingerprint density at radius 3 is 2.59 bits per heavy atom. The molecule has 0 aliphatic carbocycles. The van der Waals surface area contributed by atoms with Gasteiger partial charge in [-0.05, 0) is 55.3 Å². The normalized spacial score (nSPS) is 13.8. The molecule has 206 valence electrons. The number of fused-ring (bicyclic) bond motifs is 2. The second-order valence-corrected chi connectivity index (χ2v) is 10.6. The van der Waals surface area contributed by atoms with Crippen molar-refractivity contribution in [1.82, 2.24) is 30.1 Å². The zero-order valence-corrected chi connectivity index (χ0v) is 23.2. The van der Waals surface area contributed by atoms with E-state index < -0.39 is 0 Å². The molecule has 2 aromatic carbocycles. The number of nitrogens with zero attached hydrogens (tertiary/aromatic N) is 5. The van der Waals surface area contributed by atoms with Crippen molar-refractivity contribution in [2.45, 2.75) is 71.6 Å². The topological polar surface area (TPSA) is 107 Å². The summed E-state index contributed by atoms with van der Waals surface area (Å²) in [6.07, 6.45) is 2.61. The Bertz CT molecular complexity index is 1510. The number of hydrogen-bond donors (Lipinski definition) is 1. The van der Waals surface area contributed by atoms with Crippen molar-refractivity contribution in [1.29, 1.82) is 0 Å². The molecule has 1 aliphatic rings. The summed E-state index contributed by atoms with van der Waals surface area (Å²) in [6.45, 7) is 9.68. The van der Waals surface area contributed by atoms with Gasteiger partial charge in [0.2, 0.25) is 6.79 Å². The molecule has 1 aliphatic heterocycles. The van der Waals surface area contributed by atoms with E-state index in [1.165, 1.54) is 0 Å². The Kier molecular flexibility index (Phi) is 7.56. The molecule has 0 saturated heterocycles. The Morgan fingerprint density at radius 2 is 1.85 bits per heavy atom. The second-order valence-electron chi connectivity index (χ2n) is 10.6. The van der Waals surface area contributed by atoms with Gasteiger partial charge in [0, 0.05) is 35.7 Å². The van der Waals surface area contributed by atoms with Crippen LogP contribution in [0.3, 0.4) is 0 Å². The maximum absolute atomic E-state index is 13.4. The predicted octanol–water partition coefficient (Wildman–Crippen LogP) is 4.94. The third-order valence-electron chi connectivity index (χ3n) is 7.59. The number of ether oxygens (including phenoxy) is 3. The molecule has 0 radical (unpaired) electrons. The van der Waals surface area contributed by atoms with Crippen LogP contribution in [0.5, 0.6) is 17.2 Å². The van der Waals surface area contributed by atoms with Crippen LogP contribution in [0, 0.1) is 0 Å². The Labute approximate surface area is 227 Å². The smallest absolute Gasteiger partial charge is 0.252 e. The van der Waals surface area contributed by atoms with Gasteiger partial charge in [0.15, 0.2) is 17.3 Å². The van der Waals surface area contributed by atoms with E-state index in [-0.39, 0.29) is 23.9 Å². The predicted molar refractivity (Wildman–Crippen MR) is 148 cm³/mol. The number of H-pyrrole nitrogens is 1. The van der Waals surface area contributed by atoms with Crippen molar-refractivity contribution in [2.24, 2.45) is 0 Å². The van der Waals surface area contributed by atoms with Crippen LogP contribution in [-0.4, -0.2) is 44.0 Å². The molecule has 0 spiro atoms. The molecule has 0 fully saturated rings. The first kappa shape index (κ1) is 26.7. The van der Waals surface area contributed by atoms with Crippen LogP contribution < -0.4 is 19.8 Å². The van der Waals surface area contributed by atoms with E-state index in [1.54, 1.807) is 7.11 Å². The third kappa shape index (κ3) is 5.34. The van der Waals surface area contributed by atoms with Crippen LogP contribution >= 0.6 is 0 Å². The summed E-state index contributed by atoms with van der Waals surface area (Å²) in [4.78, 5) is 18.7. The molecule has 39 heavy (non-hydrogen) atoms. The maximum atomic E-state index is 13.4. The van der Waals surface area contributed by atoms with Crippen LogP contribution in [0.2, 0.25) is 0 Å². The zero-order valence-electron chi connectivity index (χ0n) is 23.2. The number of methoxy groups -OCH3 is 1. The highest BCUT2D eigenvalue weighted by molar-refractivity contribution is 5.83. The van der Waals surface area contributed by atoms with Crippen molar-refractivity contribution in [3.05, 3.63) is 69.8 Å². The molecule has 5 rings (SSSR count). The van der Waals surface area contributed by atoms with Crippen molar-refractivity contribution in [2.75, 3.05) is 13.9 Å². The number of aromatic nitrogens is 5. The van der Waals surface area contributed by atoms with Gasteiger partial charge in [-0.15, -0.1) is 5.10 Å². The first-order valence-electron chi connectivity index (χ1n) is 13.4. The van der Waals surface area contributed by atoms with E-state index in [0.717, 1.165) is 41.8 Å². The summed E-state index contributed by atoms with van der Waals surface area (Å²) in [6, 6.07) is 13.5. The van der Waals surface area contributed by atoms with Gasteiger partial charge >= 0.3 is 0 Å². The maximum Gasteiger partial charge on any atom is 0.252 e. The molecule has 1 N–H and O–H groups in total. The number of hydrogen-bond acceptors (Lipinski definition) is 8. The fraction of sp³-hybridized carbons (Fsp3) is 0.448. The fourth-order valence-electron chi connectivity index (χ4n) is 5.04. The van der Waals surface area contributed by atoms with E-state index in [0.29, 0.717) is 35.7 Å². The number of rotatable bonds is 11. The summed E-state index contributed by atoms with van der Waals surface area (Å²) in [7, 11) is 1.68. The zero-order chi connectivity index (χ0) is 27.6. The molecule has 3 heterocycles. The molecular formula is C29H36N6O4. The molecule has 10 heteroatoms. The summed E-state index contributed by atoms with van der Waals surface area (Å²) >= 11 is 0. The number of nitrogens with one attached hydrogen (secondary N) is 1. The SMILES string of the molecule is CCCC(c1nnnn1C(C)(C)CC)N(Cc1ccccc1OC)Cc1cc2cc3c(cc2[nH]c1=O)OCO3. The van der Waals surface area contributed by atoms with Gasteiger partial charge in [-0.2, -0.15) is 0 Å². The van der Waals surface area contributed by atoms with Gasteiger partial charge in [-0.25, -0.2) is 4.68 Å². The van der Waals surface area contributed by atoms with Crippen LogP contribution in [0.1, 0.15) is 70.0 Å². The number of tetrazole rings is 1. The van der Waals surface area contributed by atoms with Gasteiger partial charge in [0.1, 0.15) is 5.75 Å². The highest BCUT2D eigenvalue weighted by Crippen LogP contribution is 2.36. The monoisotopic (exact) mass is 532 g/mol. The minimum Gasteiger partial charge on any atom is -0.496 e. The molecule has 4 aromatic rings. The molecule has 1 unspecified atom stereocenters. The number of pyridine rings is 1. The highest BCUT2D eigenvalue weighted by Gasteiger charge is 2.32. The summed E-state index contributed by atoms with van der Waals surface area (Å²) < 4.78 is 18.7. The summed E-state index contributed by atoms with van der Waals surface area (Å²) in [5, 5.41) is 13.9. The van der Waals surface area contributed by atoms with E-state index in [4.69, 9.17) is 14.2 Å². The largest absolute Gasteiger partial charge is 0.496 e. The van der Waals surface area contributed by atoms with E-state index >= 15 is 0 Å². The lowest BCUT2D eigenvalue weighted by Gasteiger charge is -2.33. The van der Waals surface area contributed by atoms with Crippen LogP contribution in [0.15, 0.2) is 47.3 Å². The number of benzene rings is 2. The first-order valence-corrected chi connectivity index (χ1v) is 13.4. The average Bonchev–Trinajstić information content (AvgIpc) is 3.61. The van der Waals surface area contributed by atoms with E-state index in [2.05, 4.69) is 59.2 Å². The quantitative estimate of drug-likeness (QED) is 0.289. The molecule has 0 bridgehead atoms. The first-order chi connectivity index (χ1) is 18.8. The van der Waals surface area contributed by atoms with Gasteiger partial charge < -0.3 is 19.2 Å². The molecule has 0 amide bonds. The van der Waals surface area contributed by atoms with E-state index in [9.17, 15) is 4.79 Å².